The number of benzene rings is 1. The van der Waals surface area contributed by atoms with Crippen molar-refractivity contribution >= 4 is 29.6 Å². The molecule has 0 fully saturated rings. The number of pyridine rings is 1. The van der Waals surface area contributed by atoms with Crippen molar-refractivity contribution in [1.82, 2.24) is 4.98 Å². The number of aromatic nitrogens is 1. The number of halogens is 1. The highest BCUT2D eigenvalue weighted by Crippen LogP contribution is 2.35. The van der Waals surface area contributed by atoms with E-state index < -0.39 is 0 Å². The lowest BCUT2D eigenvalue weighted by atomic mass is 9.93. The molecule has 0 bridgehead atoms. The van der Waals surface area contributed by atoms with Crippen LogP contribution in [0.25, 0.3) is 0 Å². The van der Waals surface area contributed by atoms with Gasteiger partial charge in [0.2, 0.25) is 0 Å². The van der Waals surface area contributed by atoms with Gasteiger partial charge in [0.1, 0.15) is 5.69 Å². The monoisotopic (exact) mass is 358 g/mol. The Morgan fingerprint density at radius 3 is 1.84 bits per heavy atom. The molecule has 0 spiro atoms. The van der Waals surface area contributed by atoms with E-state index in [4.69, 9.17) is 4.99 Å². The summed E-state index contributed by atoms with van der Waals surface area (Å²) in [4.78, 5) is 20.9. The normalized spacial score (nSPS) is 11.6. The Labute approximate surface area is 157 Å². The van der Waals surface area contributed by atoms with E-state index in [1.807, 2.05) is 19.1 Å². The number of para-hydroxylation sites is 1. The smallest absolute Gasteiger partial charge is 0.178 e. The SMILES string of the molecule is CC(=O)c1cccc(C(C)=Nc2c(C(C)C)cccc2C(C)C)n1.Cl. The molecule has 2 rings (SSSR count). The average Bonchev–Trinajstić information content (AvgIpc) is 2.54. The number of Topliss-reactive ketones (excluding diaryl/α,β-unsaturated/α-hetero) is 1. The Morgan fingerprint density at radius 2 is 1.36 bits per heavy atom. The topological polar surface area (TPSA) is 42.3 Å². The van der Waals surface area contributed by atoms with Crippen LogP contribution in [-0.4, -0.2) is 16.5 Å². The van der Waals surface area contributed by atoms with Gasteiger partial charge in [-0.2, -0.15) is 0 Å². The summed E-state index contributed by atoms with van der Waals surface area (Å²) in [7, 11) is 0. The molecule has 3 nitrogen and oxygen atoms in total. The van der Waals surface area contributed by atoms with Crippen LogP contribution < -0.4 is 0 Å². The van der Waals surface area contributed by atoms with Gasteiger partial charge in [-0.1, -0.05) is 52.0 Å². The molecule has 1 aromatic heterocycles. The molecule has 0 aliphatic heterocycles. The highest BCUT2D eigenvalue weighted by molar-refractivity contribution is 6.00. The van der Waals surface area contributed by atoms with Crippen LogP contribution in [0.2, 0.25) is 0 Å². The van der Waals surface area contributed by atoms with Crippen molar-refractivity contribution in [1.29, 1.82) is 0 Å². The van der Waals surface area contributed by atoms with Crippen LogP contribution in [-0.2, 0) is 0 Å². The van der Waals surface area contributed by atoms with Gasteiger partial charge in [-0.3, -0.25) is 9.79 Å². The second-order valence-electron chi connectivity index (χ2n) is 6.76. The molecule has 0 unspecified atom stereocenters. The third kappa shape index (κ3) is 4.99. The number of ketones is 1. The van der Waals surface area contributed by atoms with Crippen LogP contribution in [0.3, 0.4) is 0 Å². The molecule has 0 saturated carbocycles. The molecule has 0 N–H and O–H groups in total. The summed E-state index contributed by atoms with van der Waals surface area (Å²) in [5.74, 6) is 0.758. The third-order valence-corrected chi connectivity index (χ3v) is 4.10. The highest BCUT2D eigenvalue weighted by Gasteiger charge is 2.14. The lowest BCUT2D eigenvalue weighted by Crippen LogP contribution is -2.05. The van der Waals surface area contributed by atoms with Crippen LogP contribution in [0.5, 0.6) is 0 Å². The first-order chi connectivity index (χ1) is 11.3. The molecular formula is C21H27ClN2O. The van der Waals surface area contributed by atoms with Crippen molar-refractivity contribution in [3.05, 3.63) is 58.9 Å². The van der Waals surface area contributed by atoms with E-state index >= 15 is 0 Å². The Bertz CT molecular complexity index is 753. The minimum absolute atomic E-state index is 0. The fraction of sp³-hybridized carbons (Fsp3) is 0.381. The zero-order valence-electron chi connectivity index (χ0n) is 15.8. The van der Waals surface area contributed by atoms with Gasteiger partial charge in [-0.15, -0.1) is 12.4 Å². The summed E-state index contributed by atoms with van der Waals surface area (Å²) < 4.78 is 0. The molecule has 0 aliphatic carbocycles. The number of nitrogens with zero attached hydrogens (tertiary/aromatic N) is 2. The molecule has 134 valence electrons. The minimum Gasteiger partial charge on any atom is -0.293 e. The maximum atomic E-state index is 11.6. The van der Waals surface area contributed by atoms with Gasteiger partial charge < -0.3 is 0 Å². The van der Waals surface area contributed by atoms with Crippen molar-refractivity contribution in [2.45, 2.75) is 53.4 Å². The Hall–Kier alpha value is -2.00. The Kier molecular flexibility index (Phi) is 7.50. The summed E-state index contributed by atoms with van der Waals surface area (Å²) in [6, 6.07) is 11.9. The van der Waals surface area contributed by atoms with E-state index in [0.29, 0.717) is 17.5 Å². The predicted octanol–water partition coefficient (Wildman–Crippen LogP) is 6.09. The van der Waals surface area contributed by atoms with Gasteiger partial charge in [0.25, 0.3) is 0 Å². The van der Waals surface area contributed by atoms with Crippen molar-refractivity contribution < 1.29 is 4.79 Å². The second kappa shape index (κ2) is 8.91. The van der Waals surface area contributed by atoms with Gasteiger partial charge >= 0.3 is 0 Å². The zero-order chi connectivity index (χ0) is 17.9. The summed E-state index contributed by atoms with van der Waals surface area (Å²) in [6.45, 7) is 12.2. The number of carbonyl (C=O) groups is 1. The Morgan fingerprint density at radius 1 is 0.880 bits per heavy atom. The van der Waals surface area contributed by atoms with Crippen molar-refractivity contribution in [2.24, 2.45) is 4.99 Å². The molecule has 1 heterocycles. The molecule has 0 radical (unpaired) electrons. The third-order valence-electron chi connectivity index (χ3n) is 4.10. The quantitative estimate of drug-likeness (QED) is 0.479. The zero-order valence-corrected chi connectivity index (χ0v) is 16.6. The molecule has 2 aromatic rings. The fourth-order valence-electron chi connectivity index (χ4n) is 2.70. The number of aliphatic imine (C=N–C) groups is 1. The molecule has 0 saturated heterocycles. The van der Waals surface area contributed by atoms with Gasteiger partial charge in [-0.05, 0) is 42.0 Å². The van der Waals surface area contributed by atoms with Crippen LogP contribution in [0.4, 0.5) is 5.69 Å². The molecule has 0 atom stereocenters. The van der Waals surface area contributed by atoms with Crippen LogP contribution in [0, 0.1) is 0 Å². The predicted molar refractivity (Wildman–Crippen MR) is 108 cm³/mol. The molecule has 0 aliphatic rings. The van der Waals surface area contributed by atoms with Crippen LogP contribution >= 0.6 is 12.4 Å². The largest absolute Gasteiger partial charge is 0.293 e. The van der Waals surface area contributed by atoms with E-state index in [2.05, 4.69) is 50.9 Å². The summed E-state index contributed by atoms with van der Waals surface area (Å²) in [5.41, 5.74) is 5.56. The molecule has 25 heavy (non-hydrogen) atoms. The lowest BCUT2D eigenvalue weighted by molar-refractivity contribution is 0.101. The standard InChI is InChI=1S/C21H26N2O.ClH/c1-13(2)17-9-7-10-18(14(3)4)21(17)22-15(5)19-11-8-12-20(23-19)16(6)24;/h7-14H,1-6H3;1H. The molecular weight excluding hydrogens is 332 g/mol. The summed E-state index contributed by atoms with van der Waals surface area (Å²) in [5, 5.41) is 0. The maximum Gasteiger partial charge on any atom is 0.178 e. The first-order valence-electron chi connectivity index (χ1n) is 8.47. The van der Waals surface area contributed by atoms with Crippen LogP contribution in [0.1, 0.15) is 80.7 Å². The van der Waals surface area contributed by atoms with Crippen molar-refractivity contribution in [3.63, 3.8) is 0 Å². The number of hydrogen-bond acceptors (Lipinski definition) is 3. The van der Waals surface area contributed by atoms with E-state index in [0.717, 1.165) is 17.1 Å². The van der Waals surface area contributed by atoms with E-state index in [-0.39, 0.29) is 18.2 Å². The van der Waals surface area contributed by atoms with Gasteiger partial charge in [0, 0.05) is 6.92 Å². The molecule has 0 amide bonds. The average molecular weight is 359 g/mol. The summed E-state index contributed by atoms with van der Waals surface area (Å²) in [6.07, 6.45) is 0. The van der Waals surface area contributed by atoms with E-state index in [9.17, 15) is 4.79 Å². The molecule has 1 aromatic carbocycles. The van der Waals surface area contributed by atoms with Gasteiger partial charge in [-0.25, -0.2) is 4.98 Å². The minimum atomic E-state index is -0.0323. The molecule has 4 heteroatoms. The van der Waals surface area contributed by atoms with E-state index in [1.54, 1.807) is 6.07 Å². The number of rotatable bonds is 5. The first-order valence-corrected chi connectivity index (χ1v) is 8.47. The number of carbonyl (C=O) groups excluding carboxylic acids is 1. The van der Waals surface area contributed by atoms with Crippen molar-refractivity contribution in [2.75, 3.05) is 0 Å². The highest BCUT2D eigenvalue weighted by atomic mass is 35.5. The first kappa shape index (κ1) is 21.0. The maximum absolute atomic E-state index is 11.6. The fourth-order valence-corrected chi connectivity index (χ4v) is 2.70. The Balaban J connectivity index is 0.00000312. The van der Waals surface area contributed by atoms with Gasteiger partial charge in [0.15, 0.2) is 5.78 Å². The summed E-state index contributed by atoms with van der Waals surface area (Å²) >= 11 is 0. The second-order valence-corrected chi connectivity index (χ2v) is 6.76. The van der Waals surface area contributed by atoms with Crippen LogP contribution in [0.15, 0.2) is 41.4 Å². The lowest BCUT2D eigenvalue weighted by Gasteiger charge is -2.17. The van der Waals surface area contributed by atoms with Crippen molar-refractivity contribution in [3.8, 4) is 0 Å². The number of hydrogen-bond donors (Lipinski definition) is 0. The van der Waals surface area contributed by atoms with Gasteiger partial charge in [0.05, 0.1) is 17.1 Å². The van der Waals surface area contributed by atoms with E-state index in [1.165, 1.54) is 18.1 Å².